The molecule has 20 heavy (non-hydrogen) atoms. The Balaban J connectivity index is 1.97. The number of aromatic nitrogens is 1. The summed E-state index contributed by atoms with van der Waals surface area (Å²) in [6.45, 7) is 2.15. The van der Waals surface area contributed by atoms with Gasteiger partial charge in [0.15, 0.2) is 0 Å². The molecule has 0 fully saturated rings. The van der Waals surface area contributed by atoms with E-state index < -0.39 is 0 Å². The molecule has 0 radical (unpaired) electrons. The lowest BCUT2D eigenvalue weighted by Gasteiger charge is -2.17. The Morgan fingerprint density at radius 2 is 1.80 bits per heavy atom. The molecule has 1 atom stereocenters. The van der Waals surface area contributed by atoms with E-state index in [1.165, 1.54) is 5.56 Å². The van der Waals surface area contributed by atoms with Crippen LogP contribution in [0.3, 0.4) is 0 Å². The van der Waals surface area contributed by atoms with Gasteiger partial charge in [-0.25, -0.2) is 0 Å². The summed E-state index contributed by atoms with van der Waals surface area (Å²) in [4.78, 5) is 4.20. The van der Waals surface area contributed by atoms with E-state index in [2.05, 4.69) is 41.5 Å². The highest BCUT2D eigenvalue weighted by molar-refractivity contribution is 6.00. The maximum Gasteiger partial charge on any atom is 0.0485 e. The van der Waals surface area contributed by atoms with Crippen LogP contribution >= 0.6 is 0 Å². The summed E-state index contributed by atoms with van der Waals surface area (Å²) in [6.07, 6.45) is 3.62. The van der Waals surface area contributed by atoms with Gasteiger partial charge in [0.05, 0.1) is 0 Å². The molecular weight excluding hydrogens is 246 g/mol. The molecule has 0 aliphatic heterocycles. The van der Waals surface area contributed by atoms with Crippen molar-refractivity contribution in [1.29, 1.82) is 0 Å². The first-order valence-electron chi connectivity index (χ1n) is 6.69. The third-order valence-corrected chi connectivity index (χ3v) is 3.52. The van der Waals surface area contributed by atoms with E-state index in [-0.39, 0.29) is 6.04 Å². The Labute approximate surface area is 118 Å². The standard InChI is InChI=1S/C17H17N3/c1-12(13-5-3-2-4-6-13)20-17-8-7-16(18)14-9-10-19-11-15(14)17/h2-12,20H,18H2,1H3. The Hall–Kier alpha value is -2.55. The van der Waals surface area contributed by atoms with Gasteiger partial charge in [-0.05, 0) is 30.7 Å². The second-order valence-electron chi connectivity index (χ2n) is 4.90. The number of nitrogens with zero attached hydrogens (tertiary/aromatic N) is 1. The van der Waals surface area contributed by atoms with E-state index in [0.717, 1.165) is 22.1 Å². The number of rotatable bonds is 3. The van der Waals surface area contributed by atoms with Crippen molar-refractivity contribution in [1.82, 2.24) is 4.98 Å². The molecular formula is C17H17N3. The van der Waals surface area contributed by atoms with Gasteiger partial charge < -0.3 is 11.1 Å². The van der Waals surface area contributed by atoms with Crippen molar-refractivity contribution < 1.29 is 0 Å². The number of benzene rings is 2. The fraction of sp³-hybridized carbons (Fsp3) is 0.118. The Morgan fingerprint density at radius 3 is 2.60 bits per heavy atom. The average Bonchev–Trinajstić information content (AvgIpc) is 2.51. The van der Waals surface area contributed by atoms with Gasteiger partial charge >= 0.3 is 0 Å². The monoisotopic (exact) mass is 263 g/mol. The highest BCUT2D eigenvalue weighted by Gasteiger charge is 2.08. The first kappa shape index (κ1) is 12.5. The van der Waals surface area contributed by atoms with Crippen molar-refractivity contribution in [2.75, 3.05) is 11.1 Å². The fourth-order valence-electron chi connectivity index (χ4n) is 2.40. The number of hydrogen-bond acceptors (Lipinski definition) is 3. The van der Waals surface area contributed by atoms with E-state index in [4.69, 9.17) is 5.73 Å². The molecule has 3 N–H and O–H groups in total. The lowest BCUT2D eigenvalue weighted by atomic mass is 10.1. The molecule has 1 aromatic heterocycles. The van der Waals surface area contributed by atoms with Crippen molar-refractivity contribution in [3.8, 4) is 0 Å². The van der Waals surface area contributed by atoms with E-state index in [1.54, 1.807) is 6.20 Å². The summed E-state index contributed by atoms with van der Waals surface area (Å²) < 4.78 is 0. The third-order valence-electron chi connectivity index (χ3n) is 3.52. The van der Waals surface area contributed by atoms with Crippen LogP contribution in [0.4, 0.5) is 11.4 Å². The van der Waals surface area contributed by atoms with Gasteiger partial charge in [-0.2, -0.15) is 0 Å². The highest BCUT2D eigenvalue weighted by Crippen LogP contribution is 2.29. The molecule has 0 saturated carbocycles. The maximum absolute atomic E-state index is 6.01. The van der Waals surface area contributed by atoms with Crippen molar-refractivity contribution in [2.45, 2.75) is 13.0 Å². The molecule has 0 aliphatic rings. The molecule has 0 saturated heterocycles. The van der Waals surface area contributed by atoms with E-state index >= 15 is 0 Å². The number of nitrogen functional groups attached to an aromatic ring is 1. The lowest BCUT2D eigenvalue weighted by molar-refractivity contribution is 0.887. The average molecular weight is 263 g/mol. The second-order valence-corrected chi connectivity index (χ2v) is 4.90. The molecule has 0 aliphatic carbocycles. The van der Waals surface area contributed by atoms with Gasteiger partial charge in [-0.3, -0.25) is 4.98 Å². The smallest absolute Gasteiger partial charge is 0.0485 e. The molecule has 1 unspecified atom stereocenters. The van der Waals surface area contributed by atoms with Crippen molar-refractivity contribution in [2.24, 2.45) is 0 Å². The summed E-state index contributed by atoms with van der Waals surface area (Å²) in [6, 6.07) is 16.5. The normalized spacial score (nSPS) is 12.2. The first-order chi connectivity index (χ1) is 9.75. The number of hydrogen-bond donors (Lipinski definition) is 2. The molecule has 2 aromatic carbocycles. The first-order valence-corrected chi connectivity index (χ1v) is 6.69. The van der Waals surface area contributed by atoms with Crippen molar-refractivity contribution in [3.63, 3.8) is 0 Å². The Kier molecular flexibility index (Phi) is 3.25. The van der Waals surface area contributed by atoms with E-state index in [0.29, 0.717) is 0 Å². The molecule has 3 heteroatoms. The summed E-state index contributed by atoms with van der Waals surface area (Å²) in [5, 5.41) is 5.62. The van der Waals surface area contributed by atoms with Crippen LogP contribution in [-0.4, -0.2) is 4.98 Å². The summed E-state index contributed by atoms with van der Waals surface area (Å²) >= 11 is 0. The minimum Gasteiger partial charge on any atom is -0.398 e. The predicted molar refractivity (Wildman–Crippen MR) is 84.6 cm³/mol. The van der Waals surface area contributed by atoms with Crippen LogP contribution in [0, 0.1) is 0 Å². The van der Waals surface area contributed by atoms with Gasteiger partial charge in [-0.15, -0.1) is 0 Å². The van der Waals surface area contributed by atoms with Gasteiger partial charge in [0.2, 0.25) is 0 Å². The minimum atomic E-state index is 0.225. The quantitative estimate of drug-likeness (QED) is 0.702. The third kappa shape index (κ3) is 2.30. The molecule has 3 aromatic rings. The van der Waals surface area contributed by atoms with Crippen molar-refractivity contribution >= 4 is 22.1 Å². The van der Waals surface area contributed by atoms with Crippen LogP contribution in [0.2, 0.25) is 0 Å². The summed E-state index contributed by atoms with van der Waals surface area (Å²) in [7, 11) is 0. The van der Waals surface area contributed by atoms with Crippen molar-refractivity contribution in [3.05, 3.63) is 66.5 Å². The van der Waals surface area contributed by atoms with Crippen LogP contribution in [0.25, 0.3) is 10.8 Å². The van der Waals surface area contributed by atoms with Gasteiger partial charge in [0.1, 0.15) is 0 Å². The summed E-state index contributed by atoms with van der Waals surface area (Å²) in [5.41, 5.74) is 9.10. The maximum atomic E-state index is 6.01. The van der Waals surface area contributed by atoms with Gasteiger partial charge in [0, 0.05) is 40.6 Å². The number of nitrogens with one attached hydrogen (secondary N) is 1. The molecule has 1 heterocycles. The van der Waals surface area contributed by atoms with Crippen LogP contribution in [0.15, 0.2) is 60.9 Å². The molecule has 100 valence electrons. The van der Waals surface area contributed by atoms with Crippen LogP contribution in [-0.2, 0) is 0 Å². The molecule has 3 rings (SSSR count). The lowest BCUT2D eigenvalue weighted by Crippen LogP contribution is -2.07. The number of nitrogens with two attached hydrogens (primary N) is 1. The van der Waals surface area contributed by atoms with Crippen LogP contribution in [0.5, 0.6) is 0 Å². The number of pyridine rings is 1. The topological polar surface area (TPSA) is 50.9 Å². The second kappa shape index (κ2) is 5.21. The van der Waals surface area contributed by atoms with E-state index in [9.17, 15) is 0 Å². The predicted octanol–water partition coefficient (Wildman–Crippen LogP) is 3.99. The Morgan fingerprint density at radius 1 is 1.00 bits per heavy atom. The zero-order valence-corrected chi connectivity index (χ0v) is 11.4. The molecule has 3 nitrogen and oxygen atoms in total. The molecule has 0 amide bonds. The van der Waals surface area contributed by atoms with E-state index in [1.807, 2.05) is 30.5 Å². The van der Waals surface area contributed by atoms with Gasteiger partial charge in [-0.1, -0.05) is 30.3 Å². The number of fused-ring (bicyclic) bond motifs is 1. The zero-order valence-electron chi connectivity index (χ0n) is 11.4. The Bertz CT molecular complexity index is 723. The van der Waals surface area contributed by atoms with Gasteiger partial charge in [0.25, 0.3) is 0 Å². The largest absolute Gasteiger partial charge is 0.398 e. The molecule has 0 spiro atoms. The fourth-order valence-corrected chi connectivity index (χ4v) is 2.40. The summed E-state index contributed by atoms with van der Waals surface area (Å²) in [5.74, 6) is 0. The van der Waals surface area contributed by atoms with Crippen LogP contribution in [0.1, 0.15) is 18.5 Å². The SMILES string of the molecule is CC(Nc1ccc(N)c2ccncc12)c1ccccc1. The number of anilines is 2. The minimum absolute atomic E-state index is 0.225. The van der Waals surface area contributed by atoms with Crippen LogP contribution < -0.4 is 11.1 Å². The zero-order chi connectivity index (χ0) is 13.9. The highest BCUT2D eigenvalue weighted by atomic mass is 14.9. The molecule has 0 bridgehead atoms.